The topological polar surface area (TPSA) is 50.4 Å². The van der Waals surface area contributed by atoms with Gasteiger partial charge in [-0.1, -0.05) is 36.4 Å². The van der Waals surface area contributed by atoms with Crippen LogP contribution in [-0.2, 0) is 11.3 Å². The molecule has 0 radical (unpaired) electrons. The van der Waals surface area contributed by atoms with E-state index in [-0.39, 0.29) is 5.91 Å². The largest absolute Gasteiger partial charge is 0.496 e. The fourth-order valence-electron chi connectivity index (χ4n) is 2.49. The smallest absolute Gasteiger partial charge is 0.225 e. The van der Waals surface area contributed by atoms with E-state index in [0.717, 1.165) is 28.1 Å². The maximum absolute atomic E-state index is 12.1. The second-order valence-corrected chi connectivity index (χ2v) is 5.55. The fourth-order valence-corrected chi connectivity index (χ4v) is 2.49. The highest BCUT2D eigenvalue weighted by Crippen LogP contribution is 2.19. The van der Waals surface area contributed by atoms with Gasteiger partial charge in [0.25, 0.3) is 0 Å². The number of carbonyl (C=O) groups excluding carboxylic acids is 1. The molecule has 0 aromatic heterocycles. The number of hydrogen-bond donors (Lipinski definition) is 2. The van der Waals surface area contributed by atoms with E-state index in [1.165, 1.54) is 0 Å². The van der Waals surface area contributed by atoms with Gasteiger partial charge in [0.1, 0.15) is 5.75 Å². The molecule has 0 heterocycles. The van der Waals surface area contributed by atoms with Crippen molar-refractivity contribution in [1.29, 1.82) is 0 Å². The lowest BCUT2D eigenvalue weighted by molar-refractivity contribution is -0.116. The molecule has 2 aromatic rings. The molecular formula is C19H24N2O2. The van der Waals surface area contributed by atoms with Crippen molar-refractivity contribution in [2.24, 2.45) is 0 Å². The first-order valence-electron chi connectivity index (χ1n) is 7.80. The van der Waals surface area contributed by atoms with Crippen LogP contribution in [0.2, 0.25) is 0 Å². The Labute approximate surface area is 137 Å². The van der Waals surface area contributed by atoms with Crippen LogP contribution in [0.4, 0.5) is 5.69 Å². The van der Waals surface area contributed by atoms with Gasteiger partial charge >= 0.3 is 0 Å². The first-order valence-corrected chi connectivity index (χ1v) is 7.80. The number of carbonyl (C=O) groups is 1. The number of anilines is 1. The normalized spacial score (nSPS) is 10.4. The van der Waals surface area contributed by atoms with Crippen molar-refractivity contribution in [3.05, 3.63) is 59.2 Å². The number of ether oxygens (including phenoxy) is 1. The van der Waals surface area contributed by atoms with E-state index >= 15 is 0 Å². The Hall–Kier alpha value is -2.33. The van der Waals surface area contributed by atoms with Gasteiger partial charge in [-0.25, -0.2) is 0 Å². The van der Waals surface area contributed by atoms with Crippen LogP contribution in [0.3, 0.4) is 0 Å². The van der Waals surface area contributed by atoms with E-state index in [2.05, 4.69) is 10.6 Å². The number of rotatable bonds is 7. The lowest BCUT2D eigenvalue weighted by Gasteiger charge is -2.12. The molecule has 0 fully saturated rings. The van der Waals surface area contributed by atoms with Crippen molar-refractivity contribution < 1.29 is 9.53 Å². The second kappa shape index (κ2) is 8.34. The van der Waals surface area contributed by atoms with Gasteiger partial charge in [0.15, 0.2) is 0 Å². The molecule has 0 aliphatic rings. The molecule has 4 nitrogen and oxygen atoms in total. The Bertz CT molecular complexity index is 648. The molecule has 122 valence electrons. The van der Waals surface area contributed by atoms with Crippen molar-refractivity contribution in [2.45, 2.75) is 26.8 Å². The van der Waals surface area contributed by atoms with Crippen LogP contribution in [0.25, 0.3) is 0 Å². The van der Waals surface area contributed by atoms with Crippen LogP contribution in [0.1, 0.15) is 23.1 Å². The molecule has 0 aliphatic carbocycles. The van der Waals surface area contributed by atoms with E-state index in [4.69, 9.17) is 4.74 Å². The lowest BCUT2D eigenvalue weighted by Crippen LogP contribution is -2.22. The molecule has 2 aromatic carbocycles. The van der Waals surface area contributed by atoms with Crippen LogP contribution in [0.15, 0.2) is 42.5 Å². The Kier molecular flexibility index (Phi) is 6.18. The lowest BCUT2D eigenvalue weighted by atomic mass is 10.1. The maximum atomic E-state index is 12.1. The number of benzene rings is 2. The molecule has 1 amide bonds. The SMILES string of the molecule is COc1ccccc1CNCCC(=O)Nc1c(C)cccc1C. The molecule has 4 heteroatoms. The number of nitrogens with one attached hydrogen (secondary N) is 2. The van der Waals surface area contributed by atoms with Crippen molar-refractivity contribution in [2.75, 3.05) is 19.0 Å². The fraction of sp³-hybridized carbons (Fsp3) is 0.316. The van der Waals surface area contributed by atoms with Gasteiger partial charge in [-0.3, -0.25) is 4.79 Å². The van der Waals surface area contributed by atoms with E-state index in [1.54, 1.807) is 7.11 Å². The molecular weight excluding hydrogens is 288 g/mol. The third-order valence-electron chi connectivity index (χ3n) is 3.78. The first kappa shape index (κ1) is 17.0. The van der Waals surface area contributed by atoms with Crippen LogP contribution >= 0.6 is 0 Å². The second-order valence-electron chi connectivity index (χ2n) is 5.55. The Balaban J connectivity index is 1.79. The molecule has 23 heavy (non-hydrogen) atoms. The summed E-state index contributed by atoms with van der Waals surface area (Å²) in [5, 5.41) is 6.28. The van der Waals surface area contributed by atoms with E-state index in [9.17, 15) is 4.79 Å². The van der Waals surface area contributed by atoms with Crippen LogP contribution in [0, 0.1) is 13.8 Å². The maximum Gasteiger partial charge on any atom is 0.225 e. The summed E-state index contributed by atoms with van der Waals surface area (Å²) in [6.07, 6.45) is 0.433. The number of aryl methyl sites for hydroxylation is 2. The number of amides is 1. The highest BCUT2D eigenvalue weighted by Gasteiger charge is 2.07. The molecule has 2 N–H and O–H groups in total. The third kappa shape index (κ3) is 4.83. The van der Waals surface area contributed by atoms with E-state index < -0.39 is 0 Å². The predicted octanol–water partition coefficient (Wildman–Crippen LogP) is 3.43. The van der Waals surface area contributed by atoms with E-state index in [1.807, 2.05) is 56.3 Å². The Morgan fingerprint density at radius 3 is 2.43 bits per heavy atom. The predicted molar refractivity (Wildman–Crippen MR) is 93.9 cm³/mol. The summed E-state index contributed by atoms with van der Waals surface area (Å²) in [4.78, 5) is 12.1. The summed E-state index contributed by atoms with van der Waals surface area (Å²) in [6.45, 7) is 5.31. The van der Waals surface area contributed by atoms with Crippen LogP contribution in [0.5, 0.6) is 5.75 Å². The summed E-state index contributed by atoms with van der Waals surface area (Å²) in [6, 6.07) is 13.9. The average Bonchev–Trinajstić information content (AvgIpc) is 2.55. The van der Waals surface area contributed by atoms with Gasteiger partial charge in [0, 0.05) is 30.8 Å². The minimum absolute atomic E-state index is 0.0231. The molecule has 0 spiro atoms. The highest BCUT2D eigenvalue weighted by molar-refractivity contribution is 5.92. The molecule has 0 unspecified atom stereocenters. The average molecular weight is 312 g/mol. The summed E-state index contributed by atoms with van der Waals surface area (Å²) in [5.74, 6) is 0.884. The first-order chi connectivity index (χ1) is 11.1. The monoisotopic (exact) mass is 312 g/mol. The zero-order chi connectivity index (χ0) is 16.7. The minimum atomic E-state index is 0.0231. The van der Waals surface area contributed by atoms with Gasteiger partial charge in [-0.15, -0.1) is 0 Å². The van der Waals surface area contributed by atoms with Gasteiger partial charge in [0.2, 0.25) is 5.91 Å². The molecule has 0 atom stereocenters. The Morgan fingerprint density at radius 1 is 1.04 bits per heavy atom. The minimum Gasteiger partial charge on any atom is -0.496 e. The summed E-state index contributed by atoms with van der Waals surface area (Å²) in [5.41, 5.74) is 4.17. The molecule has 2 rings (SSSR count). The zero-order valence-electron chi connectivity index (χ0n) is 14.0. The van der Waals surface area contributed by atoms with Crippen molar-refractivity contribution in [1.82, 2.24) is 5.32 Å². The number of para-hydroxylation sites is 2. The van der Waals surface area contributed by atoms with Gasteiger partial charge in [-0.2, -0.15) is 0 Å². The third-order valence-corrected chi connectivity index (χ3v) is 3.78. The molecule has 0 aliphatic heterocycles. The molecule has 0 saturated heterocycles. The van der Waals surface area contributed by atoms with Gasteiger partial charge < -0.3 is 15.4 Å². The zero-order valence-corrected chi connectivity index (χ0v) is 14.0. The van der Waals surface area contributed by atoms with Crippen molar-refractivity contribution in [3.8, 4) is 5.75 Å². The molecule has 0 saturated carbocycles. The van der Waals surface area contributed by atoms with Gasteiger partial charge in [-0.05, 0) is 31.0 Å². The standard InChI is InChI=1S/C19H24N2O2/c1-14-7-6-8-15(2)19(14)21-18(22)11-12-20-13-16-9-4-5-10-17(16)23-3/h4-10,20H,11-13H2,1-3H3,(H,21,22). The number of hydrogen-bond acceptors (Lipinski definition) is 3. The highest BCUT2D eigenvalue weighted by atomic mass is 16.5. The quantitative estimate of drug-likeness (QED) is 0.770. The Morgan fingerprint density at radius 2 is 1.74 bits per heavy atom. The van der Waals surface area contributed by atoms with Crippen LogP contribution < -0.4 is 15.4 Å². The summed E-state index contributed by atoms with van der Waals surface area (Å²) < 4.78 is 5.31. The summed E-state index contributed by atoms with van der Waals surface area (Å²) in [7, 11) is 1.66. The van der Waals surface area contributed by atoms with E-state index in [0.29, 0.717) is 19.5 Å². The van der Waals surface area contributed by atoms with Crippen molar-refractivity contribution in [3.63, 3.8) is 0 Å². The van der Waals surface area contributed by atoms with Crippen LogP contribution in [-0.4, -0.2) is 19.6 Å². The summed E-state index contributed by atoms with van der Waals surface area (Å²) >= 11 is 0. The van der Waals surface area contributed by atoms with Gasteiger partial charge in [0.05, 0.1) is 7.11 Å². The number of methoxy groups -OCH3 is 1. The van der Waals surface area contributed by atoms with Crippen molar-refractivity contribution >= 4 is 11.6 Å². The molecule has 0 bridgehead atoms.